The number of thiazole rings is 1. The molecule has 1 aromatic heterocycles. The molecule has 1 heterocycles. The molecule has 0 radical (unpaired) electrons. The van der Waals surface area contributed by atoms with Gasteiger partial charge in [-0.3, -0.25) is 0 Å². The summed E-state index contributed by atoms with van der Waals surface area (Å²) in [5.41, 5.74) is 7.82. The molecule has 0 saturated carbocycles. The Balaban J connectivity index is 2.47. The van der Waals surface area contributed by atoms with Gasteiger partial charge in [-0.15, -0.1) is 11.3 Å². The van der Waals surface area contributed by atoms with Crippen LogP contribution in [-0.4, -0.2) is 11.5 Å². The molecule has 2 aromatic rings. The number of aromatic nitrogens is 1. The summed E-state index contributed by atoms with van der Waals surface area (Å²) in [5, 5.41) is 1.74. The molecule has 18 heavy (non-hydrogen) atoms. The lowest BCUT2D eigenvalue weighted by Gasteiger charge is -2.03. The standard InChI is InChI=1S/C14H17ClN2S/c1-9(2)13-12(7-8-16)18-14(17-13)10-5-3-4-6-11(10)15/h3-6,9H,7-8,16H2,1-2H3. The molecular weight excluding hydrogens is 264 g/mol. The summed E-state index contributed by atoms with van der Waals surface area (Å²) < 4.78 is 0. The molecule has 0 aliphatic carbocycles. The fourth-order valence-corrected chi connectivity index (χ4v) is 3.43. The maximum atomic E-state index is 6.22. The van der Waals surface area contributed by atoms with Crippen molar-refractivity contribution in [2.24, 2.45) is 5.73 Å². The lowest BCUT2D eigenvalue weighted by atomic mass is 10.1. The van der Waals surface area contributed by atoms with Gasteiger partial charge in [-0.25, -0.2) is 4.98 Å². The second-order valence-electron chi connectivity index (χ2n) is 4.50. The molecule has 2 N–H and O–H groups in total. The zero-order valence-corrected chi connectivity index (χ0v) is 12.2. The van der Waals surface area contributed by atoms with E-state index in [-0.39, 0.29) is 0 Å². The van der Waals surface area contributed by atoms with Crippen molar-refractivity contribution < 1.29 is 0 Å². The quantitative estimate of drug-likeness (QED) is 0.916. The maximum Gasteiger partial charge on any atom is 0.125 e. The number of hydrogen-bond donors (Lipinski definition) is 1. The van der Waals surface area contributed by atoms with Crippen LogP contribution < -0.4 is 5.73 Å². The number of rotatable bonds is 4. The van der Waals surface area contributed by atoms with Gasteiger partial charge >= 0.3 is 0 Å². The molecule has 0 fully saturated rings. The number of halogens is 1. The number of nitrogens with two attached hydrogens (primary N) is 1. The predicted octanol–water partition coefficient (Wildman–Crippen LogP) is 4.09. The van der Waals surface area contributed by atoms with Crippen molar-refractivity contribution in [1.82, 2.24) is 4.98 Å². The topological polar surface area (TPSA) is 38.9 Å². The summed E-state index contributed by atoms with van der Waals surface area (Å²) in [6, 6.07) is 7.83. The minimum Gasteiger partial charge on any atom is -0.330 e. The number of benzene rings is 1. The van der Waals surface area contributed by atoms with Crippen LogP contribution in [-0.2, 0) is 6.42 Å². The van der Waals surface area contributed by atoms with Crippen molar-refractivity contribution in [2.75, 3.05) is 6.54 Å². The van der Waals surface area contributed by atoms with Crippen LogP contribution in [0.5, 0.6) is 0 Å². The van der Waals surface area contributed by atoms with Gasteiger partial charge in [0.15, 0.2) is 0 Å². The molecule has 2 rings (SSSR count). The maximum absolute atomic E-state index is 6.22. The van der Waals surface area contributed by atoms with Gasteiger partial charge in [0, 0.05) is 10.4 Å². The van der Waals surface area contributed by atoms with Crippen LogP contribution >= 0.6 is 22.9 Å². The summed E-state index contributed by atoms with van der Waals surface area (Å²) >= 11 is 7.92. The predicted molar refractivity (Wildman–Crippen MR) is 79.4 cm³/mol. The molecule has 0 atom stereocenters. The first-order chi connectivity index (χ1) is 8.63. The molecule has 96 valence electrons. The van der Waals surface area contributed by atoms with Crippen LogP contribution in [0.3, 0.4) is 0 Å². The van der Waals surface area contributed by atoms with E-state index in [2.05, 4.69) is 13.8 Å². The fraction of sp³-hybridized carbons (Fsp3) is 0.357. The Bertz CT molecular complexity index is 534. The second-order valence-corrected chi connectivity index (χ2v) is 5.99. The van der Waals surface area contributed by atoms with Crippen molar-refractivity contribution in [3.8, 4) is 10.6 Å². The Morgan fingerprint density at radius 3 is 2.67 bits per heavy atom. The average Bonchev–Trinajstić information content (AvgIpc) is 2.74. The summed E-state index contributed by atoms with van der Waals surface area (Å²) in [6.45, 7) is 4.97. The Morgan fingerprint density at radius 1 is 1.33 bits per heavy atom. The largest absolute Gasteiger partial charge is 0.330 e. The van der Waals surface area contributed by atoms with E-state index in [1.165, 1.54) is 4.88 Å². The lowest BCUT2D eigenvalue weighted by Crippen LogP contribution is -2.04. The summed E-state index contributed by atoms with van der Waals surface area (Å²) in [4.78, 5) is 6.02. The highest BCUT2D eigenvalue weighted by molar-refractivity contribution is 7.15. The minimum absolute atomic E-state index is 0.416. The van der Waals surface area contributed by atoms with Gasteiger partial charge in [0.1, 0.15) is 5.01 Å². The van der Waals surface area contributed by atoms with Gasteiger partial charge in [-0.05, 0) is 24.9 Å². The van der Waals surface area contributed by atoms with Crippen LogP contribution in [0.2, 0.25) is 5.02 Å². The van der Waals surface area contributed by atoms with Crippen LogP contribution in [0.1, 0.15) is 30.3 Å². The number of nitrogens with zero attached hydrogens (tertiary/aromatic N) is 1. The minimum atomic E-state index is 0.416. The third-order valence-corrected chi connectivity index (χ3v) is 4.24. The molecular formula is C14H17ClN2S. The lowest BCUT2D eigenvalue weighted by molar-refractivity contribution is 0.809. The van der Waals surface area contributed by atoms with Gasteiger partial charge in [0.05, 0.1) is 10.7 Å². The Labute approximate surface area is 117 Å². The molecule has 2 nitrogen and oxygen atoms in total. The number of hydrogen-bond acceptors (Lipinski definition) is 3. The Hall–Kier alpha value is -0.900. The highest BCUT2D eigenvalue weighted by Gasteiger charge is 2.15. The van der Waals surface area contributed by atoms with Gasteiger partial charge in [-0.1, -0.05) is 43.6 Å². The van der Waals surface area contributed by atoms with Crippen LogP contribution in [0.25, 0.3) is 10.6 Å². The first kappa shape index (κ1) is 13.5. The molecule has 0 aliphatic heterocycles. The fourth-order valence-electron chi connectivity index (χ4n) is 1.87. The normalized spacial score (nSPS) is 11.2. The highest BCUT2D eigenvalue weighted by atomic mass is 35.5. The van der Waals surface area contributed by atoms with E-state index in [4.69, 9.17) is 22.3 Å². The monoisotopic (exact) mass is 280 g/mol. The summed E-state index contributed by atoms with van der Waals surface area (Å²) in [5.74, 6) is 0.416. The molecule has 0 saturated heterocycles. The summed E-state index contributed by atoms with van der Waals surface area (Å²) in [6.07, 6.45) is 0.885. The van der Waals surface area contributed by atoms with E-state index in [0.717, 1.165) is 27.7 Å². The Kier molecular flexibility index (Phi) is 4.38. The Morgan fingerprint density at radius 2 is 2.06 bits per heavy atom. The van der Waals surface area contributed by atoms with Gasteiger partial charge < -0.3 is 5.73 Å². The van der Waals surface area contributed by atoms with Crippen molar-refractivity contribution in [3.63, 3.8) is 0 Å². The van der Waals surface area contributed by atoms with E-state index >= 15 is 0 Å². The molecule has 0 unspecified atom stereocenters. The third-order valence-electron chi connectivity index (χ3n) is 2.75. The third kappa shape index (κ3) is 2.74. The van der Waals surface area contributed by atoms with E-state index in [9.17, 15) is 0 Å². The summed E-state index contributed by atoms with van der Waals surface area (Å²) in [7, 11) is 0. The smallest absolute Gasteiger partial charge is 0.125 e. The zero-order valence-electron chi connectivity index (χ0n) is 10.6. The molecule has 4 heteroatoms. The SMILES string of the molecule is CC(C)c1nc(-c2ccccc2Cl)sc1CCN. The van der Waals surface area contributed by atoms with Gasteiger partial charge in [0.2, 0.25) is 0 Å². The van der Waals surface area contributed by atoms with E-state index in [0.29, 0.717) is 12.5 Å². The molecule has 0 spiro atoms. The zero-order chi connectivity index (χ0) is 13.1. The van der Waals surface area contributed by atoms with E-state index < -0.39 is 0 Å². The molecule has 0 aliphatic rings. The van der Waals surface area contributed by atoms with E-state index in [1.807, 2.05) is 24.3 Å². The van der Waals surface area contributed by atoms with Crippen molar-refractivity contribution in [1.29, 1.82) is 0 Å². The van der Waals surface area contributed by atoms with Crippen LogP contribution in [0.15, 0.2) is 24.3 Å². The molecule has 1 aromatic carbocycles. The van der Waals surface area contributed by atoms with Crippen LogP contribution in [0, 0.1) is 0 Å². The van der Waals surface area contributed by atoms with Crippen LogP contribution in [0.4, 0.5) is 0 Å². The first-order valence-corrected chi connectivity index (χ1v) is 7.27. The first-order valence-electron chi connectivity index (χ1n) is 6.08. The van der Waals surface area contributed by atoms with E-state index in [1.54, 1.807) is 11.3 Å². The van der Waals surface area contributed by atoms with Gasteiger partial charge in [0.25, 0.3) is 0 Å². The van der Waals surface area contributed by atoms with Crippen molar-refractivity contribution in [2.45, 2.75) is 26.2 Å². The second kappa shape index (κ2) is 5.83. The van der Waals surface area contributed by atoms with Crippen molar-refractivity contribution in [3.05, 3.63) is 39.9 Å². The molecule has 0 amide bonds. The van der Waals surface area contributed by atoms with Crippen molar-refractivity contribution >= 4 is 22.9 Å². The molecule has 0 bridgehead atoms. The van der Waals surface area contributed by atoms with Gasteiger partial charge in [-0.2, -0.15) is 0 Å². The average molecular weight is 281 g/mol. The highest BCUT2D eigenvalue weighted by Crippen LogP contribution is 2.35.